The van der Waals surface area contributed by atoms with E-state index < -0.39 is 17.8 Å². The van der Waals surface area contributed by atoms with Crippen LogP contribution >= 0.6 is 0 Å². The fraction of sp³-hybridized carbons (Fsp3) is 0.556. The van der Waals surface area contributed by atoms with Gasteiger partial charge in [0.15, 0.2) is 0 Å². The number of nitrogens with zero attached hydrogens (tertiary/aromatic N) is 2. The maximum absolute atomic E-state index is 11.6. The fourth-order valence-electron chi connectivity index (χ4n) is 2.02. The lowest BCUT2D eigenvalue weighted by molar-refractivity contribution is -0.438. The zero-order valence-corrected chi connectivity index (χ0v) is 15.5. The summed E-state index contributed by atoms with van der Waals surface area (Å²) >= 11 is 0. The Morgan fingerprint density at radius 1 is 1.42 bits per heavy atom. The van der Waals surface area contributed by atoms with E-state index in [-0.39, 0.29) is 18.1 Å². The van der Waals surface area contributed by atoms with Gasteiger partial charge in [0.05, 0.1) is 22.7 Å². The minimum atomic E-state index is -0.768. The molecular weight excluding hydrogens is 338 g/mol. The summed E-state index contributed by atoms with van der Waals surface area (Å²) in [4.78, 5) is 22.1. The number of hydrogen-bond donors (Lipinski definition) is 1. The van der Waals surface area contributed by atoms with E-state index in [0.717, 1.165) is 18.4 Å². The Morgan fingerprint density at radius 2 is 2.08 bits per heavy atom. The maximum Gasteiger partial charge on any atom is 0.275 e. The van der Waals surface area contributed by atoms with Crippen LogP contribution in [0.25, 0.3) is 0 Å². The highest BCUT2D eigenvalue weighted by Crippen LogP contribution is 2.28. The second kappa shape index (κ2) is 13.8. The van der Waals surface area contributed by atoms with Crippen molar-refractivity contribution in [3.63, 3.8) is 0 Å². The van der Waals surface area contributed by atoms with Gasteiger partial charge in [-0.1, -0.05) is 26.3 Å². The second-order valence-corrected chi connectivity index (χ2v) is 5.47. The summed E-state index contributed by atoms with van der Waals surface area (Å²) in [5.74, 6) is -0.0504. The van der Waals surface area contributed by atoms with Crippen molar-refractivity contribution in [2.24, 2.45) is 0 Å². The van der Waals surface area contributed by atoms with E-state index in [1.165, 1.54) is 6.07 Å². The lowest BCUT2D eigenvalue weighted by Gasteiger charge is -2.16. The second-order valence-electron chi connectivity index (χ2n) is 5.47. The molecule has 1 rings (SSSR count). The molecule has 1 unspecified atom stereocenters. The molecule has 0 saturated carbocycles. The lowest BCUT2D eigenvalue weighted by Crippen LogP contribution is -2.22. The van der Waals surface area contributed by atoms with Crippen LogP contribution < -0.4 is 10.4 Å². The number of amides is 1. The van der Waals surface area contributed by atoms with Crippen molar-refractivity contribution < 1.29 is 19.6 Å². The number of unbranched alkanes of at least 4 members (excludes halogenated alkanes) is 1. The molecule has 0 bridgehead atoms. The molecule has 1 aromatic carbocycles. The topological polar surface area (TPSA) is 128 Å². The molecular formula is C18H26N3O5-. The molecule has 0 spiro atoms. The lowest BCUT2D eigenvalue weighted by atomic mass is 10.0. The quantitative estimate of drug-likeness (QED) is 0.407. The van der Waals surface area contributed by atoms with Crippen LogP contribution in [0.2, 0.25) is 0 Å². The smallest absolute Gasteiger partial charge is 0.275 e. The Hall–Kier alpha value is -2.50. The Morgan fingerprint density at radius 3 is 2.58 bits per heavy atom. The molecule has 1 aromatic rings. The highest BCUT2D eigenvalue weighted by Gasteiger charge is 2.19. The summed E-state index contributed by atoms with van der Waals surface area (Å²) in [5, 5.41) is 32.0. The SMILES string of the molecule is CCC#N.CCCCC(=O)NCc1ccc([N+](=O)[O-])c(C(C)OC[O-])c1. The molecule has 8 nitrogen and oxygen atoms in total. The van der Waals surface area contributed by atoms with Gasteiger partial charge in [-0.2, -0.15) is 5.26 Å². The molecule has 0 saturated heterocycles. The van der Waals surface area contributed by atoms with Crippen molar-refractivity contribution in [3.8, 4) is 6.07 Å². The monoisotopic (exact) mass is 364 g/mol. The Bertz CT molecular complexity index is 613. The van der Waals surface area contributed by atoms with Gasteiger partial charge in [-0.3, -0.25) is 14.9 Å². The van der Waals surface area contributed by atoms with Crippen LogP contribution in [0.4, 0.5) is 5.69 Å². The van der Waals surface area contributed by atoms with Crippen LogP contribution in [0.15, 0.2) is 18.2 Å². The minimum absolute atomic E-state index is 0.0504. The largest absolute Gasteiger partial charge is 0.834 e. The molecule has 1 atom stereocenters. The number of benzene rings is 1. The van der Waals surface area contributed by atoms with E-state index in [9.17, 15) is 20.0 Å². The first-order valence-electron chi connectivity index (χ1n) is 8.51. The molecule has 0 aliphatic rings. The molecule has 8 heteroatoms. The van der Waals surface area contributed by atoms with Crippen molar-refractivity contribution in [3.05, 3.63) is 39.4 Å². The van der Waals surface area contributed by atoms with E-state index in [0.29, 0.717) is 18.4 Å². The van der Waals surface area contributed by atoms with Gasteiger partial charge in [-0.25, -0.2) is 0 Å². The van der Waals surface area contributed by atoms with E-state index in [1.807, 2.05) is 19.9 Å². The summed E-state index contributed by atoms with van der Waals surface area (Å²) in [6.07, 6.45) is 2.19. The third-order valence-corrected chi connectivity index (χ3v) is 3.45. The molecule has 0 aliphatic carbocycles. The normalized spacial score (nSPS) is 10.9. The first kappa shape index (κ1) is 23.5. The van der Waals surface area contributed by atoms with Crippen molar-refractivity contribution in [1.82, 2.24) is 5.32 Å². The number of carbonyl (C=O) groups is 1. The number of nitro groups is 1. The number of rotatable bonds is 9. The van der Waals surface area contributed by atoms with E-state index in [2.05, 4.69) is 5.32 Å². The number of ether oxygens (including phenoxy) is 1. The Balaban J connectivity index is 0.00000141. The first-order chi connectivity index (χ1) is 12.4. The summed E-state index contributed by atoms with van der Waals surface area (Å²) < 4.78 is 4.91. The van der Waals surface area contributed by atoms with Crippen LogP contribution in [0.1, 0.15) is 63.7 Å². The molecule has 0 aromatic heterocycles. The van der Waals surface area contributed by atoms with Gasteiger partial charge in [0.2, 0.25) is 5.91 Å². The predicted octanol–water partition coefficient (Wildman–Crippen LogP) is 2.72. The number of nitro benzene ring substituents is 1. The number of nitriles is 1. The third-order valence-electron chi connectivity index (χ3n) is 3.45. The first-order valence-corrected chi connectivity index (χ1v) is 8.51. The highest BCUT2D eigenvalue weighted by atomic mass is 16.6. The van der Waals surface area contributed by atoms with Gasteiger partial charge in [0.25, 0.3) is 5.69 Å². The van der Waals surface area contributed by atoms with Crippen LogP contribution in [-0.4, -0.2) is 17.6 Å². The number of hydrogen-bond acceptors (Lipinski definition) is 6. The Kier molecular flexibility index (Phi) is 12.4. The average Bonchev–Trinajstić information content (AvgIpc) is 2.64. The molecule has 144 valence electrons. The summed E-state index contributed by atoms with van der Waals surface area (Å²) in [6.45, 7) is 4.94. The van der Waals surface area contributed by atoms with Crippen LogP contribution in [0, 0.1) is 21.4 Å². The third kappa shape index (κ3) is 9.11. The molecule has 1 amide bonds. The summed E-state index contributed by atoms with van der Waals surface area (Å²) in [7, 11) is 0. The number of carbonyl (C=O) groups excluding carboxylic acids is 1. The average molecular weight is 364 g/mol. The standard InChI is InChI=1S/C15H21N2O5.C3H5N/c1-3-4-5-15(19)16-9-12-6-7-14(17(20)21)13(8-12)11(2)22-10-18;1-2-3-4/h6-8,11H,3-5,9-10H2,1-2H3,(H,16,19);2H2,1H3/q-1;. The van der Waals surface area contributed by atoms with E-state index in [1.54, 1.807) is 19.1 Å². The fourth-order valence-corrected chi connectivity index (χ4v) is 2.02. The minimum Gasteiger partial charge on any atom is -0.834 e. The number of nitrogens with one attached hydrogen (secondary N) is 1. The summed E-state index contributed by atoms with van der Waals surface area (Å²) in [6, 6.07) is 6.48. The van der Waals surface area contributed by atoms with Gasteiger partial charge < -0.3 is 15.2 Å². The zero-order valence-electron chi connectivity index (χ0n) is 15.5. The molecule has 0 aliphatic heterocycles. The molecule has 26 heavy (non-hydrogen) atoms. The maximum atomic E-state index is 11.6. The van der Waals surface area contributed by atoms with Crippen LogP contribution in [0.5, 0.6) is 0 Å². The van der Waals surface area contributed by atoms with E-state index >= 15 is 0 Å². The van der Waals surface area contributed by atoms with Crippen LogP contribution in [0.3, 0.4) is 0 Å². The van der Waals surface area contributed by atoms with Gasteiger partial charge >= 0.3 is 0 Å². The van der Waals surface area contributed by atoms with Gasteiger partial charge in [-0.05, 0) is 31.8 Å². The molecule has 0 fully saturated rings. The Labute approximate surface area is 153 Å². The molecule has 1 N–H and O–H groups in total. The molecule has 0 heterocycles. The van der Waals surface area contributed by atoms with Crippen LogP contribution in [-0.2, 0) is 16.1 Å². The van der Waals surface area contributed by atoms with E-state index in [4.69, 9.17) is 10.00 Å². The van der Waals surface area contributed by atoms with Gasteiger partial charge in [0, 0.05) is 25.5 Å². The van der Waals surface area contributed by atoms with Gasteiger partial charge in [-0.15, -0.1) is 0 Å². The highest BCUT2D eigenvalue weighted by molar-refractivity contribution is 5.75. The predicted molar refractivity (Wildman–Crippen MR) is 94.7 cm³/mol. The van der Waals surface area contributed by atoms with Crippen molar-refractivity contribution in [1.29, 1.82) is 5.26 Å². The molecule has 0 radical (unpaired) electrons. The van der Waals surface area contributed by atoms with Crippen molar-refractivity contribution in [2.75, 3.05) is 6.79 Å². The summed E-state index contributed by atoms with van der Waals surface area (Å²) in [5.41, 5.74) is 0.968. The van der Waals surface area contributed by atoms with Crippen molar-refractivity contribution in [2.45, 2.75) is 59.1 Å². The van der Waals surface area contributed by atoms with Crippen molar-refractivity contribution >= 4 is 11.6 Å². The van der Waals surface area contributed by atoms with Gasteiger partial charge in [0.1, 0.15) is 0 Å². The zero-order chi connectivity index (χ0) is 19.9.